The number of hydrogen-bond acceptors (Lipinski definition) is 23. The minimum Gasteiger partial charge on any atom is -0.392 e. The third-order valence-corrected chi connectivity index (χ3v) is 23.8. The second-order valence-electron chi connectivity index (χ2n) is 41.0. The molecule has 9 rings (SSSR count). The Morgan fingerprint density at radius 3 is 0.778 bits per heavy atom. The second kappa shape index (κ2) is 81.3. The molecule has 9 fully saturated rings. The highest BCUT2D eigenvalue weighted by Crippen LogP contribution is 2.28. The number of β-amino-alcohol motifs (C(OH)–C–C–N with tert-alkyl or cyclic N) is 3. The van der Waals surface area contributed by atoms with Crippen molar-refractivity contribution in [3.63, 3.8) is 0 Å². The predicted octanol–water partition coefficient (Wildman–Crippen LogP) is 16.9. The van der Waals surface area contributed by atoms with E-state index < -0.39 is 0 Å². The summed E-state index contributed by atoms with van der Waals surface area (Å²) in [5, 5.41) is 28.4. The minimum atomic E-state index is -0.102. The molecule has 0 radical (unpaired) electrons. The van der Waals surface area contributed by atoms with Gasteiger partial charge in [0.2, 0.25) is 0 Å². The first-order valence-corrected chi connectivity index (χ1v) is 52.6. The number of hydrogen-bond donors (Lipinski definition) is 3. The Labute approximate surface area is 780 Å². The van der Waals surface area contributed by atoms with Crippen LogP contribution in [0.5, 0.6) is 0 Å². The summed E-state index contributed by atoms with van der Waals surface area (Å²) in [6, 6.07) is 0. The van der Waals surface area contributed by atoms with Crippen LogP contribution >= 0.6 is 0 Å². The average molecular weight is 1800 g/mol. The number of rotatable bonds is 46. The molecule has 0 aromatic heterocycles. The van der Waals surface area contributed by atoms with Gasteiger partial charge in [0.25, 0.3) is 0 Å². The number of ether oxygens (including phenoxy) is 10. The highest BCUT2D eigenvalue weighted by Gasteiger charge is 2.27. The summed E-state index contributed by atoms with van der Waals surface area (Å²) in [5.74, 6) is 0. The second-order valence-corrected chi connectivity index (χ2v) is 41.0. The Hall–Kier alpha value is -0.920. The SMILES string of the molecule is CC(C)OCCCCN1CCCCC1.CC(C)OCCCCN1CCCCC1.CC(C)OCCCN1CC(C)OC(C)C1.CC(C)OCCCN1CCCC(C)(C)C1.CC(C)OCCCN1CCCC(O)C1.CC(C)OCCCN1CCCCC1.CC(C)OCCCN1CCC[C@@H](O)C1.CC(C)OCCCN1CCC[C@H](O)C1.CC(C)OCCN1CCN(C)CC1. The summed E-state index contributed by atoms with van der Waals surface area (Å²) in [6.45, 7) is 88.2. The molecule has 0 amide bonds. The molecule has 0 aromatic carbocycles. The summed E-state index contributed by atoms with van der Waals surface area (Å²) in [4.78, 5) is 24.7. The zero-order chi connectivity index (χ0) is 93.4. The van der Waals surface area contributed by atoms with Gasteiger partial charge in [0.05, 0.1) is 92.1 Å². The van der Waals surface area contributed by atoms with E-state index in [-0.39, 0.29) is 18.3 Å². The normalized spacial score (nSPS) is 22.6. The number of likely N-dealkylation sites (N-methyl/N-ethyl adjacent to an activating group) is 1. The van der Waals surface area contributed by atoms with Crippen molar-refractivity contribution in [2.24, 2.45) is 5.41 Å². The van der Waals surface area contributed by atoms with Crippen LogP contribution in [0.2, 0.25) is 0 Å². The van der Waals surface area contributed by atoms with E-state index in [0.717, 1.165) is 209 Å². The third kappa shape index (κ3) is 80.4. The molecule has 9 saturated heterocycles. The van der Waals surface area contributed by atoms with E-state index in [1.54, 1.807) is 0 Å². The molecular weight excluding hydrogens is 1590 g/mol. The van der Waals surface area contributed by atoms with Gasteiger partial charge in [-0.25, -0.2) is 0 Å². The van der Waals surface area contributed by atoms with Crippen molar-refractivity contribution in [3.05, 3.63) is 0 Å². The van der Waals surface area contributed by atoms with Crippen molar-refractivity contribution in [2.75, 3.05) is 256 Å². The molecule has 0 aromatic rings. The van der Waals surface area contributed by atoms with E-state index in [2.05, 4.69) is 208 Å². The van der Waals surface area contributed by atoms with Gasteiger partial charge in [-0.1, -0.05) is 33.1 Å². The molecule has 23 heteroatoms. The summed E-state index contributed by atoms with van der Waals surface area (Å²) >= 11 is 0. The van der Waals surface area contributed by atoms with Gasteiger partial charge in [0.1, 0.15) is 0 Å². The Kier molecular flexibility index (Phi) is 79.4. The van der Waals surface area contributed by atoms with Crippen LogP contribution in [-0.2, 0) is 47.4 Å². The Morgan fingerprint density at radius 2 is 0.492 bits per heavy atom. The fourth-order valence-corrected chi connectivity index (χ4v) is 17.1. The van der Waals surface area contributed by atoms with Crippen molar-refractivity contribution in [1.29, 1.82) is 0 Å². The van der Waals surface area contributed by atoms with Gasteiger partial charge in [-0.05, 0) is 384 Å². The molecular formula is C103H216N10O13. The lowest BCUT2D eigenvalue weighted by molar-refractivity contribution is -0.0698. The summed E-state index contributed by atoms with van der Waals surface area (Å²) in [6.07, 6.45) is 37.2. The molecule has 0 spiro atoms. The highest BCUT2D eigenvalue weighted by atomic mass is 16.5. The predicted molar refractivity (Wildman–Crippen MR) is 532 cm³/mol. The largest absolute Gasteiger partial charge is 0.392 e. The monoisotopic (exact) mass is 1800 g/mol. The standard InChI is InChI=1S/C13H27NO.C12H25NO2.2C12H25NO.3C11H23NO2.C11H23NO.C10H22N2O/c1-12(2)15-10-6-9-14-8-5-7-13(3,4)11-14;1-10(2)14-7-5-6-13-8-11(3)15-12(4)9-13;2*1-12(2)14-11-7-6-10-13-8-4-3-5-9-13;3*1-10(2)14-8-4-7-12-6-3-5-11(13)9-12;1-11(2)13-10-6-9-12-7-4-3-5-8-12;1-10(2)13-9-8-12-6-4-11(3)5-7-12/h12H,5-11H2,1-4H3;10-12H,5-9H2,1-4H3;2*12H,3-11H2,1-2H3;3*10-11,13H,3-9H2,1-2H3;11H,3-10H2,1-2H3;10H,4-9H2,1-3H3/t;;;;2*11-;;;/m....10.../s1. The Bertz CT molecular complexity index is 2150. The van der Waals surface area contributed by atoms with Crippen molar-refractivity contribution in [2.45, 2.75) is 411 Å². The van der Waals surface area contributed by atoms with E-state index in [1.807, 2.05) is 0 Å². The van der Waals surface area contributed by atoms with Gasteiger partial charge in [0, 0.05) is 164 Å². The number of likely N-dealkylation sites (tertiary alicyclic amines) is 7. The minimum absolute atomic E-state index is 0.102. The van der Waals surface area contributed by atoms with E-state index in [9.17, 15) is 15.3 Å². The lowest BCUT2D eigenvalue weighted by Crippen LogP contribution is -2.45. The third-order valence-electron chi connectivity index (χ3n) is 23.8. The average Bonchev–Trinajstić information content (AvgIpc) is 0.883. The number of piperazine rings is 1. The van der Waals surface area contributed by atoms with E-state index in [0.29, 0.717) is 72.6 Å². The first-order valence-electron chi connectivity index (χ1n) is 52.6. The molecule has 9 heterocycles. The van der Waals surface area contributed by atoms with Gasteiger partial charge >= 0.3 is 0 Å². The van der Waals surface area contributed by atoms with Crippen LogP contribution in [0.4, 0.5) is 0 Å². The van der Waals surface area contributed by atoms with Crippen LogP contribution in [-0.4, -0.2) is 406 Å². The van der Waals surface area contributed by atoms with Crippen molar-refractivity contribution < 1.29 is 62.7 Å². The smallest absolute Gasteiger partial charge is 0.0678 e. The fraction of sp³-hybridized carbons (Fsp3) is 1.00. The zero-order valence-corrected chi connectivity index (χ0v) is 87.4. The molecule has 0 saturated carbocycles. The molecule has 23 nitrogen and oxygen atoms in total. The fourth-order valence-electron chi connectivity index (χ4n) is 17.1. The van der Waals surface area contributed by atoms with Crippen LogP contribution in [0.15, 0.2) is 0 Å². The number of aliphatic hydroxyl groups is 3. The Balaban J connectivity index is 0.000000709. The molecule has 756 valence electrons. The molecule has 9 aliphatic rings. The lowest BCUT2D eigenvalue weighted by atomic mass is 9.84. The van der Waals surface area contributed by atoms with Crippen LogP contribution < -0.4 is 0 Å². The number of piperidine rings is 7. The van der Waals surface area contributed by atoms with Gasteiger partial charge in [-0.15, -0.1) is 0 Å². The maximum atomic E-state index is 9.45. The van der Waals surface area contributed by atoms with Crippen molar-refractivity contribution in [1.82, 2.24) is 49.0 Å². The number of aliphatic hydroxyl groups excluding tert-OH is 3. The lowest BCUT2D eigenvalue weighted by Gasteiger charge is -2.38. The topological polar surface area (TPSA) is 185 Å². The highest BCUT2D eigenvalue weighted by molar-refractivity contribution is 4.81. The summed E-state index contributed by atoms with van der Waals surface area (Å²) < 4.78 is 55.2. The van der Waals surface area contributed by atoms with Gasteiger partial charge in [-0.2, -0.15) is 0 Å². The first-order chi connectivity index (χ1) is 60.2. The summed E-state index contributed by atoms with van der Waals surface area (Å²) in [5.41, 5.74) is 0.525. The maximum absolute atomic E-state index is 9.45. The molecule has 0 aliphatic carbocycles. The number of morpholine rings is 1. The molecule has 0 bridgehead atoms. The van der Waals surface area contributed by atoms with E-state index in [1.165, 1.54) is 214 Å². The van der Waals surface area contributed by atoms with Crippen LogP contribution in [0.25, 0.3) is 0 Å². The van der Waals surface area contributed by atoms with Gasteiger partial charge in [0.15, 0.2) is 0 Å². The molecule has 9 aliphatic heterocycles. The van der Waals surface area contributed by atoms with E-state index >= 15 is 0 Å². The first kappa shape index (κ1) is 123. The zero-order valence-electron chi connectivity index (χ0n) is 87.4. The summed E-state index contributed by atoms with van der Waals surface area (Å²) in [7, 11) is 2.18. The van der Waals surface area contributed by atoms with Crippen molar-refractivity contribution in [3.8, 4) is 0 Å². The Morgan fingerprint density at radius 1 is 0.254 bits per heavy atom. The van der Waals surface area contributed by atoms with Gasteiger partial charge in [-0.3, -0.25) is 9.80 Å². The number of unbranched alkanes of at least 4 members (excludes halogenated alkanes) is 2. The molecule has 3 unspecified atom stereocenters. The molecule has 126 heavy (non-hydrogen) atoms. The van der Waals surface area contributed by atoms with Crippen molar-refractivity contribution >= 4 is 0 Å². The molecule has 5 atom stereocenters. The quantitative estimate of drug-likeness (QED) is 0.0488. The van der Waals surface area contributed by atoms with Crippen LogP contribution in [0.1, 0.15) is 326 Å². The number of nitrogens with zero attached hydrogens (tertiary/aromatic N) is 10. The molecule has 3 N–H and O–H groups in total. The van der Waals surface area contributed by atoms with Crippen LogP contribution in [0, 0.1) is 5.41 Å². The van der Waals surface area contributed by atoms with Gasteiger partial charge < -0.3 is 102 Å². The van der Waals surface area contributed by atoms with Crippen LogP contribution in [0.3, 0.4) is 0 Å². The van der Waals surface area contributed by atoms with E-state index in [4.69, 9.17) is 47.4 Å². The maximum Gasteiger partial charge on any atom is 0.0678 e.